The van der Waals surface area contributed by atoms with E-state index >= 15 is 0 Å². The van der Waals surface area contributed by atoms with Gasteiger partial charge in [-0.3, -0.25) is 0 Å². The van der Waals surface area contributed by atoms with E-state index in [0.29, 0.717) is 5.15 Å². The minimum absolute atomic E-state index is 0.480. The molecule has 0 saturated heterocycles. The Hall–Kier alpha value is -2.11. The third kappa shape index (κ3) is 3.86. The standard InChI is InChI=1S/C18H19ClN4S/c1-3-23(4-2)15-8-5-13(6-9-15)16-12-24-18(22-16)21-14-7-10-17(19)20-11-14/h5-12H,3-4H2,1-2H3,(H,21,22). The largest absolute Gasteiger partial charge is 0.372 e. The third-order valence-electron chi connectivity index (χ3n) is 3.77. The van der Waals surface area contributed by atoms with Gasteiger partial charge in [0, 0.05) is 29.7 Å². The van der Waals surface area contributed by atoms with Crippen LogP contribution in [0.4, 0.5) is 16.5 Å². The summed E-state index contributed by atoms with van der Waals surface area (Å²) in [6.07, 6.45) is 1.70. The van der Waals surface area contributed by atoms with Gasteiger partial charge in [0.1, 0.15) is 5.15 Å². The molecule has 3 aromatic rings. The van der Waals surface area contributed by atoms with E-state index in [1.54, 1.807) is 23.6 Å². The smallest absolute Gasteiger partial charge is 0.187 e. The summed E-state index contributed by atoms with van der Waals surface area (Å²) in [5.74, 6) is 0. The second-order valence-corrected chi connectivity index (χ2v) is 6.50. The second-order valence-electron chi connectivity index (χ2n) is 5.25. The number of pyridine rings is 1. The van der Waals surface area contributed by atoms with Crippen LogP contribution in [0.25, 0.3) is 11.3 Å². The molecule has 2 heterocycles. The van der Waals surface area contributed by atoms with Gasteiger partial charge in [-0.2, -0.15) is 0 Å². The number of nitrogens with one attached hydrogen (secondary N) is 1. The summed E-state index contributed by atoms with van der Waals surface area (Å²) in [6.45, 7) is 6.36. The van der Waals surface area contributed by atoms with Crippen LogP contribution >= 0.6 is 22.9 Å². The first-order valence-electron chi connectivity index (χ1n) is 7.89. The van der Waals surface area contributed by atoms with Crippen LogP contribution in [-0.4, -0.2) is 23.1 Å². The molecule has 0 unspecified atom stereocenters. The van der Waals surface area contributed by atoms with Crippen LogP contribution in [0, 0.1) is 0 Å². The summed E-state index contributed by atoms with van der Waals surface area (Å²) >= 11 is 7.37. The Labute approximate surface area is 151 Å². The van der Waals surface area contributed by atoms with Crippen LogP contribution in [0.5, 0.6) is 0 Å². The minimum Gasteiger partial charge on any atom is -0.372 e. The molecule has 0 atom stereocenters. The van der Waals surface area contributed by atoms with Crippen LogP contribution in [0.3, 0.4) is 0 Å². The summed E-state index contributed by atoms with van der Waals surface area (Å²) < 4.78 is 0. The van der Waals surface area contributed by atoms with Crippen molar-refractivity contribution in [3.8, 4) is 11.3 Å². The van der Waals surface area contributed by atoms with Gasteiger partial charge in [-0.15, -0.1) is 11.3 Å². The Morgan fingerprint density at radius 3 is 2.46 bits per heavy atom. The average molecular weight is 359 g/mol. The SMILES string of the molecule is CCN(CC)c1ccc(-c2csc(Nc3ccc(Cl)nc3)n2)cc1. The molecule has 124 valence electrons. The summed E-state index contributed by atoms with van der Waals surface area (Å²) in [5.41, 5.74) is 4.20. The van der Waals surface area contributed by atoms with Gasteiger partial charge in [-0.25, -0.2) is 9.97 Å². The summed E-state index contributed by atoms with van der Waals surface area (Å²) in [5, 5.41) is 6.62. The lowest BCUT2D eigenvalue weighted by Crippen LogP contribution is -2.21. The van der Waals surface area contributed by atoms with Crippen LogP contribution < -0.4 is 10.2 Å². The fourth-order valence-corrected chi connectivity index (χ4v) is 3.32. The van der Waals surface area contributed by atoms with Gasteiger partial charge in [0.15, 0.2) is 5.13 Å². The predicted octanol–water partition coefficient (Wildman–Crippen LogP) is 5.45. The number of nitrogens with zero attached hydrogens (tertiary/aromatic N) is 3. The number of anilines is 3. The molecule has 0 aliphatic rings. The van der Waals surface area contributed by atoms with Gasteiger partial charge in [-0.1, -0.05) is 23.7 Å². The second kappa shape index (κ2) is 7.64. The zero-order chi connectivity index (χ0) is 16.9. The van der Waals surface area contributed by atoms with Crippen LogP contribution in [-0.2, 0) is 0 Å². The summed E-state index contributed by atoms with van der Waals surface area (Å²) in [7, 11) is 0. The number of halogens is 1. The van der Waals surface area contributed by atoms with E-state index in [1.165, 1.54) is 5.69 Å². The molecule has 6 heteroatoms. The van der Waals surface area contributed by atoms with Crippen molar-refractivity contribution in [3.05, 3.63) is 53.1 Å². The molecule has 0 saturated carbocycles. The molecular weight excluding hydrogens is 340 g/mol. The maximum Gasteiger partial charge on any atom is 0.187 e. The molecular formula is C18H19ClN4S. The maximum absolute atomic E-state index is 5.80. The lowest BCUT2D eigenvalue weighted by molar-refractivity contribution is 0.866. The van der Waals surface area contributed by atoms with Crippen molar-refractivity contribution in [1.82, 2.24) is 9.97 Å². The van der Waals surface area contributed by atoms with Crippen molar-refractivity contribution in [1.29, 1.82) is 0 Å². The number of hydrogen-bond donors (Lipinski definition) is 1. The lowest BCUT2D eigenvalue weighted by atomic mass is 10.1. The molecule has 0 amide bonds. The Balaban J connectivity index is 1.74. The number of rotatable bonds is 6. The van der Waals surface area contributed by atoms with Gasteiger partial charge in [0.2, 0.25) is 0 Å². The highest BCUT2D eigenvalue weighted by molar-refractivity contribution is 7.14. The van der Waals surface area contributed by atoms with Gasteiger partial charge in [0.25, 0.3) is 0 Å². The summed E-state index contributed by atoms with van der Waals surface area (Å²) in [4.78, 5) is 11.0. The maximum atomic E-state index is 5.80. The van der Waals surface area contributed by atoms with E-state index in [1.807, 2.05) is 6.07 Å². The van der Waals surface area contributed by atoms with Gasteiger partial charge in [0.05, 0.1) is 17.6 Å². The molecule has 4 nitrogen and oxygen atoms in total. The van der Waals surface area contributed by atoms with Crippen molar-refractivity contribution in [3.63, 3.8) is 0 Å². The number of benzene rings is 1. The quantitative estimate of drug-likeness (QED) is 0.595. The van der Waals surface area contributed by atoms with E-state index in [-0.39, 0.29) is 0 Å². The first-order valence-corrected chi connectivity index (χ1v) is 9.15. The van der Waals surface area contributed by atoms with Gasteiger partial charge in [-0.05, 0) is 38.1 Å². The highest BCUT2D eigenvalue weighted by Crippen LogP contribution is 2.28. The normalized spacial score (nSPS) is 10.6. The molecule has 0 aliphatic carbocycles. The Morgan fingerprint density at radius 1 is 1.08 bits per heavy atom. The van der Waals surface area contributed by atoms with E-state index in [4.69, 9.17) is 11.6 Å². The van der Waals surface area contributed by atoms with E-state index < -0.39 is 0 Å². The van der Waals surface area contributed by atoms with Crippen LogP contribution in [0.2, 0.25) is 5.15 Å². The van der Waals surface area contributed by atoms with E-state index in [9.17, 15) is 0 Å². The van der Waals surface area contributed by atoms with Crippen LogP contribution in [0.1, 0.15) is 13.8 Å². The fraction of sp³-hybridized carbons (Fsp3) is 0.222. The zero-order valence-corrected chi connectivity index (χ0v) is 15.2. The van der Waals surface area contributed by atoms with Crippen molar-refractivity contribution < 1.29 is 0 Å². The fourth-order valence-electron chi connectivity index (χ4n) is 2.47. The summed E-state index contributed by atoms with van der Waals surface area (Å²) in [6, 6.07) is 12.2. The molecule has 0 spiro atoms. The molecule has 0 bridgehead atoms. The average Bonchev–Trinajstić information content (AvgIpc) is 3.07. The molecule has 1 aromatic carbocycles. The highest BCUT2D eigenvalue weighted by Gasteiger charge is 2.07. The van der Waals surface area contributed by atoms with Crippen molar-refractivity contribution in [2.45, 2.75) is 13.8 Å². The number of thiazole rings is 1. The van der Waals surface area contributed by atoms with Gasteiger partial charge < -0.3 is 10.2 Å². The lowest BCUT2D eigenvalue weighted by Gasteiger charge is -2.20. The van der Waals surface area contributed by atoms with Crippen LogP contribution in [0.15, 0.2) is 48.0 Å². The first kappa shape index (κ1) is 16.7. The topological polar surface area (TPSA) is 41.0 Å². The van der Waals surface area contributed by atoms with Gasteiger partial charge >= 0.3 is 0 Å². The molecule has 1 N–H and O–H groups in total. The monoisotopic (exact) mass is 358 g/mol. The van der Waals surface area contributed by atoms with Crippen molar-refractivity contribution >= 4 is 39.4 Å². The third-order valence-corrected chi connectivity index (χ3v) is 4.76. The molecule has 2 aromatic heterocycles. The number of aromatic nitrogens is 2. The Morgan fingerprint density at radius 2 is 1.83 bits per heavy atom. The predicted molar refractivity (Wildman–Crippen MR) is 104 cm³/mol. The first-order chi connectivity index (χ1) is 11.7. The molecule has 0 fully saturated rings. The van der Waals surface area contributed by atoms with E-state index in [0.717, 1.165) is 35.2 Å². The molecule has 0 radical (unpaired) electrons. The molecule has 24 heavy (non-hydrogen) atoms. The zero-order valence-electron chi connectivity index (χ0n) is 13.7. The Bertz CT molecular complexity index is 780. The molecule has 3 rings (SSSR count). The number of hydrogen-bond acceptors (Lipinski definition) is 5. The van der Waals surface area contributed by atoms with Crippen molar-refractivity contribution in [2.24, 2.45) is 0 Å². The molecule has 0 aliphatic heterocycles. The van der Waals surface area contributed by atoms with Crippen molar-refractivity contribution in [2.75, 3.05) is 23.3 Å². The highest BCUT2D eigenvalue weighted by atomic mass is 35.5. The Kier molecular flexibility index (Phi) is 5.33. The minimum atomic E-state index is 0.480. The van der Waals surface area contributed by atoms with E-state index in [2.05, 4.69) is 63.7 Å².